The maximum atomic E-state index is 13.6. The van der Waals surface area contributed by atoms with E-state index >= 15 is 0 Å². The van der Waals surface area contributed by atoms with E-state index < -0.39 is 22.2 Å². The van der Waals surface area contributed by atoms with Crippen molar-refractivity contribution in [1.29, 1.82) is 0 Å². The van der Waals surface area contributed by atoms with Crippen LogP contribution < -0.4 is 10.1 Å². The van der Waals surface area contributed by atoms with Crippen molar-refractivity contribution in [2.45, 2.75) is 69.9 Å². The lowest BCUT2D eigenvalue weighted by Gasteiger charge is -2.37. The molecular weight excluding hydrogens is 454 g/mol. The fourth-order valence-electron chi connectivity index (χ4n) is 4.46. The molecule has 3 atom stereocenters. The molecule has 0 saturated heterocycles. The minimum absolute atomic E-state index is 0.1000. The van der Waals surface area contributed by atoms with Gasteiger partial charge in [0.25, 0.3) is 0 Å². The van der Waals surface area contributed by atoms with Gasteiger partial charge >= 0.3 is 6.03 Å². The van der Waals surface area contributed by atoms with E-state index in [1.165, 1.54) is 16.3 Å². The molecule has 1 aromatic rings. The van der Waals surface area contributed by atoms with Gasteiger partial charge in [-0.3, -0.25) is 0 Å². The number of hydrogen-bond acceptors (Lipinski definition) is 5. The summed E-state index contributed by atoms with van der Waals surface area (Å²) >= 11 is 0. The lowest BCUT2D eigenvalue weighted by atomic mass is 9.93. The molecule has 0 bridgehead atoms. The topological polar surface area (TPSA) is 99.2 Å². The highest BCUT2D eigenvalue weighted by atomic mass is 32.2. The van der Waals surface area contributed by atoms with E-state index in [1.54, 1.807) is 24.9 Å². The second kappa shape index (κ2) is 11.6. The lowest BCUT2D eigenvalue weighted by Crippen LogP contribution is -2.51. The zero-order valence-electron chi connectivity index (χ0n) is 20.8. The third-order valence-electron chi connectivity index (χ3n) is 6.66. The third-order valence-corrected chi connectivity index (χ3v) is 8.68. The molecule has 0 fully saturated rings. The third kappa shape index (κ3) is 5.93. The Balaban J connectivity index is 2.01. The Bertz CT molecular complexity index is 994. The number of carbonyl (C=O) groups excluding carboxylic acids is 1. The quantitative estimate of drug-likeness (QED) is 0.606. The van der Waals surface area contributed by atoms with Crippen molar-refractivity contribution < 1.29 is 23.1 Å². The molecule has 34 heavy (non-hydrogen) atoms. The zero-order valence-corrected chi connectivity index (χ0v) is 21.6. The second-order valence-corrected chi connectivity index (χ2v) is 11.3. The van der Waals surface area contributed by atoms with E-state index in [9.17, 15) is 18.3 Å². The van der Waals surface area contributed by atoms with Crippen LogP contribution in [0, 0.1) is 5.92 Å². The van der Waals surface area contributed by atoms with E-state index in [-0.39, 0.29) is 30.0 Å². The van der Waals surface area contributed by atoms with Crippen LogP contribution in [0.1, 0.15) is 58.4 Å². The Morgan fingerprint density at radius 1 is 1.35 bits per heavy atom. The molecule has 1 aliphatic carbocycles. The average Bonchev–Trinajstić information content (AvgIpc) is 2.84. The van der Waals surface area contributed by atoms with Crippen molar-refractivity contribution >= 4 is 21.6 Å². The summed E-state index contributed by atoms with van der Waals surface area (Å²) in [5.74, 6) is 0.0916. The Morgan fingerprint density at radius 2 is 2.12 bits per heavy atom. The number of rotatable bonds is 7. The molecule has 3 rings (SSSR count). The van der Waals surface area contributed by atoms with Gasteiger partial charge in [0, 0.05) is 32.1 Å². The molecule has 0 saturated carbocycles. The van der Waals surface area contributed by atoms with Crippen molar-refractivity contribution in [3.8, 4) is 5.75 Å². The first-order valence-electron chi connectivity index (χ1n) is 12.3. The number of allylic oxidation sites excluding steroid dienone is 2. The van der Waals surface area contributed by atoms with Gasteiger partial charge < -0.3 is 20.1 Å². The van der Waals surface area contributed by atoms with Crippen LogP contribution in [-0.2, 0) is 10.0 Å². The summed E-state index contributed by atoms with van der Waals surface area (Å²) in [5.41, 5.74) is 2.18. The second-order valence-electron chi connectivity index (χ2n) is 9.49. The summed E-state index contributed by atoms with van der Waals surface area (Å²) in [5, 5.41) is 12.7. The van der Waals surface area contributed by atoms with E-state index in [0.717, 1.165) is 31.2 Å². The van der Waals surface area contributed by atoms with Crippen molar-refractivity contribution in [1.82, 2.24) is 14.5 Å². The van der Waals surface area contributed by atoms with Crippen molar-refractivity contribution in [2.24, 2.45) is 5.92 Å². The fraction of sp³-hybridized carbons (Fsp3) is 0.640. The minimum Gasteiger partial charge on any atom is -0.487 e. The summed E-state index contributed by atoms with van der Waals surface area (Å²) in [4.78, 5) is 14.2. The van der Waals surface area contributed by atoms with Gasteiger partial charge in [0.2, 0.25) is 10.0 Å². The van der Waals surface area contributed by atoms with E-state index in [4.69, 9.17) is 4.74 Å². The summed E-state index contributed by atoms with van der Waals surface area (Å²) in [6.07, 6.45) is 6.89. The van der Waals surface area contributed by atoms with Gasteiger partial charge in [-0.2, -0.15) is 4.31 Å². The van der Waals surface area contributed by atoms with Crippen LogP contribution in [-0.4, -0.2) is 74.2 Å². The average molecular weight is 494 g/mol. The standard InChI is InChI=1S/C25H39N3O5S/c1-5-13-26-25(30)27(4)16-23-18(2)15-28(19(3)17-29)34(31,32)24-12-11-21(14-22(24)33-23)20-9-7-6-8-10-20/h9,11-12,14,18-19,23,29H,5-8,10,13,15-17H2,1-4H3,(H,26,30)/t18-,19-,23-/m0/s1. The first-order chi connectivity index (χ1) is 16.2. The molecule has 8 nitrogen and oxygen atoms in total. The molecule has 1 aliphatic heterocycles. The maximum absolute atomic E-state index is 13.6. The zero-order chi connectivity index (χ0) is 24.9. The highest BCUT2D eigenvalue weighted by molar-refractivity contribution is 7.89. The van der Waals surface area contributed by atoms with Crippen LogP contribution in [0.25, 0.3) is 5.57 Å². The van der Waals surface area contributed by atoms with Crippen LogP contribution in [0.3, 0.4) is 0 Å². The number of benzene rings is 1. The number of sulfonamides is 1. The number of urea groups is 1. The highest BCUT2D eigenvalue weighted by Crippen LogP contribution is 2.37. The number of fused-ring (bicyclic) bond motifs is 1. The van der Waals surface area contributed by atoms with Crippen LogP contribution in [0.15, 0.2) is 29.2 Å². The van der Waals surface area contributed by atoms with Gasteiger partial charge in [-0.1, -0.05) is 26.0 Å². The number of carbonyl (C=O) groups is 1. The normalized spacial score (nSPS) is 23.5. The number of likely N-dealkylation sites (N-methyl/N-ethyl adjacent to an activating group) is 1. The Hall–Kier alpha value is -2.10. The molecule has 0 aromatic heterocycles. The maximum Gasteiger partial charge on any atom is 0.317 e. The predicted molar refractivity (Wildman–Crippen MR) is 133 cm³/mol. The molecule has 1 aromatic carbocycles. The number of nitrogens with one attached hydrogen (secondary N) is 1. The summed E-state index contributed by atoms with van der Waals surface area (Å²) in [6, 6.07) is 4.54. The molecule has 9 heteroatoms. The lowest BCUT2D eigenvalue weighted by molar-refractivity contribution is 0.0812. The number of aliphatic hydroxyl groups is 1. The van der Waals surface area contributed by atoms with E-state index in [0.29, 0.717) is 18.8 Å². The van der Waals surface area contributed by atoms with Crippen LogP contribution >= 0.6 is 0 Å². The highest BCUT2D eigenvalue weighted by Gasteiger charge is 2.38. The van der Waals surface area contributed by atoms with Crippen LogP contribution in [0.5, 0.6) is 5.75 Å². The number of amides is 2. The molecule has 0 spiro atoms. The monoisotopic (exact) mass is 493 g/mol. The van der Waals surface area contributed by atoms with Crippen molar-refractivity contribution in [2.75, 3.05) is 33.3 Å². The van der Waals surface area contributed by atoms with Crippen molar-refractivity contribution in [3.05, 3.63) is 29.8 Å². The van der Waals surface area contributed by atoms with Gasteiger partial charge in [0.05, 0.1) is 13.2 Å². The fourth-order valence-corrected chi connectivity index (χ4v) is 6.29. The van der Waals surface area contributed by atoms with Gasteiger partial charge in [0.15, 0.2) is 0 Å². The predicted octanol–water partition coefficient (Wildman–Crippen LogP) is 3.46. The number of nitrogens with zero attached hydrogens (tertiary/aromatic N) is 2. The smallest absolute Gasteiger partial charge is 0.317 e. The molecule has 190 valence electrons. The summed E-state index contributed by atoms with van der Waals surface area (Å²) in [6.45, 7) is 6.42. The van der Waals surface area contributed by atoms with E-state index in [1.807, 2.05) is 26.0 Å². The van der Waals surface area contributed by atoms with E-state index in [2.05, 4.69) is 11.4 Å². The molecule has 1 heterocycles. The van der Waals surface area contributed by atoms with Gasteiger partial charge in [-0.15, -0.1) is 0 Å². The number of aliphatic hydroxyl groups excluding tert-OH is 1. The molecule has 0 unspecified atom stereocenters. The molecule has 0 radical (unpaired) electrons. The SMILES string of the molecule is CCCNC(=O)N(C)C[C@@H]1Oc2cc(C3=CCCCC3)ccc2S(=O)(=O)N([C@@H](C)CO)C[C@@H]1C. The largest absolute Gasteiger partial charge is 0.487 e. The van der Waals surface area contributed by atoms with Crippen molar-refractivity contribution in [3.63, 3.8) is 0 Å². The molecule has 2 amide bonds. The Kier molecular flexibility index (Phi) is 9.01. The summed E-state index contributed by atoms with van der Waals surface area (Å²) in [7, 11) is -2.16. The summed E-state index contributed by atoms with van der Waals surface area (Å²) < 4.78 is 35.0. The molecule has 2 N–H and O–H groups in total. The minimum atomic E-state index is -3.88. The Morgan fingerprint density at radius 3 is 2.76 bits per heavy atom. The number of hydrogen-bond donors (Lipinski definition) is 2. The number of ether oxygens (including phenoxy) is 1. The first kappa shape index (κ1) is 26.5. The molecule has 2 aliphatic rings. The van der Waals surface area contributed by atoms with Gasteiger partial charge in [0.1, 0.15) is 16.7 Å². The van der Waals surface area contributed by atoms with Gasteiger partial charge in [-0.05, 0) is 62.3 Å². The Labute approximate surface area is 204 Å². The molecular formula is C25H39N3O5S. The van der Waals surface area contributed by atoms with Crippen LogP contribution in [0.4, 0.5) is 4.79 Å². The van der Waals surface area contributed by atoms with Gasteiger partial charge in [-0.25, -0.2) is 13.2 Å². The van der Waals surface area contributed by atoms with Crippen LogP contribution in [0.2, 0.25) is 0 Å². The first-order valence-corrected chi connectivity index (χ1v) is 13.7.